The minimum Gasteiger partial charge on any atom is -0.399 e. The van der Waals surface area contributed by atoms with Crippen molar-refractivity contribution in [3.63, 3.8) is 0 Å². The number of nitrogen functional groups attached to an aromatic ring is 1. The molecule has 1 saturated heterocycles. The molecule has 0 atom stereocenters. The van der Waals surface area contributed by atoms with E-state index >= 15 is 0 Å². The molecule has 2 N–H and O–H groups in total. The van der Waals surface area contributed by atoms with Crippen LogP contribution in [-0.4, -0.2) is 18.3 Å². The smallest absolute Gasteiger partial charge is 0.399 e. The average molecular weight is 269 g/mol. The third kappa shape index (κ3) is 1.91. The highest BCUT2D eigenvalue weighted by Gasteiger charge is 2.52. The molecule has 4 heteroatoms. The summed E-state index contributed by atoms with van der Waals surface area (Å²) >= 11 is 0. The summed E-state index contributed by atoms with van der Waals surface area (Å²) < 4.78 is 12.3. The second kappa shape index (κ2) is 4.24. The Balaban J connectivity index is 2.11. The molecule has 2 aromatic carbocycles. The van der Waals surface area contributed by atoms with Gasteiger partial charge in [-0.25, -0.2) is 0 Å². The van der Waals surface area contributed by atoms with Crippen molar-refractivity contribution in [1.82, 2.24) is 0 Å². The monoisotopic (exact) mass is 269 g/mol. The van der Waals surface area contributed by atoms with Crippen LogP contribution in [0.1, 0.15) is 27.7 Å². The lowest BCUT2D eigenvalue weighted by molar-refractivity contribution is 0.00578. The molecule has 3 nitrogen and oxygen atoms in total. The van der Waals surface area contributed by atoms with Gasteiger partial charge in [-0.1, -0.05) is 30.3 Å². The van der Waals surface area contributed by atoms with Crippen molar-refractivity contribution in [1.29, 1.82) is 0 Å². The normalized spacial score (nSPS) is 20.5. The number of nitrogens with two attached hydrogens (primary N) is 1. The van der Waals surface area contributed by atoms with E-state index in [2.05, 4.69) is 33.8 Å². The zero-order chi connectivity index (χ0) is 14.5. The highest BCUT2D eigenvalue weighted by molar-refractivity contribution is 6.65. The van der Waals surface area contributed by atoms with E-state index < -0.39 is 0 Å². The fourth-order valence-corrected chi connectivity index (χ4v) is 2.53. The maximum atomic E-state index is 6.14. The standard InChI is InChI=1S/C16H20BNO2/c1-15(2)16(3,4)20-17(19-15)13-9-5-8-12-11(13)7-6-10-14(12)18/h5-10H,18H2,1-4H3. The molecule has 2 aromatic rings. The van der Waals surface area contributed by atoms with Crippen molar-refractivity contribution >= 4 is 29.0 Å². The summed E-state index contributed by atoms with van der Waals surface area (Å²) in [7, 11) is -0.356. The SMILES string of the molecule is CC1(C)OB(c2cccc3c(N)cccc23)OC1(C)C. The number of benzene rings is 2. The molecular formula is C16H20BNO2. The number of fused-ring (bicyclic) bond motifs is 1. The molecule has 0 aromatic heterocycles. The Hall–Kier alpha value is -1.52. The lowest BCUT2D eigenvalue weighted by Gasteiger charge is -2.32. The molecule has 0 saturated carbocycles. The Kier molecular flexibility index (Phi) is 2.85. The van der Waals surface area contributed by atoms with Gasteiger partial charge in [0.1, 0.15) is 0 Å². The van der Waals surface area contributed by atoms with Crippen LogP contribution in [-0.2, 0) is 9.31 Å². The molecule has 1 heterocycles. The van der Waals surface area contributed by atoms with Crippen molar-refractivity contribution in [2.75, 3.05) is 5.73 Å². The molecular weight excluding hydrogens is 249 g/mol. The van der Waals surface area contributed by atoms with Gasteiger partial charge in [0, 0.05) is 11.1 Å². The molecule has 1 fully saturated rings. The van der Waals surface area contributed by atoms with E-state index in [1.165, 1.54) is 0 Å². The number of anilines is 1. The van der Waals surface area contributed by atoms with Crippen LogP contribution in [0.4, 0.5) is 5.69 Å². The Morgan fingerprint density at radius 2 is 1.40 bits per heavy atom. The maximum absolute atomic E-state index is 6.14. The summed E-state index contributed by atoms with van der Waals surface area (Å²) in [4.78, 5) is 0. The Morgan fingerprint density at radius 3 is 2.05 bits per heavy atom. The molecule has 1 aliphatic heterocycles. The lowest BCUT2D eigenvalue weighted by Crippen LogP contribution is -2.41. The summed E-state index contributed by atoms with van der Waals surface area (Å²) in [5, 5.41) is 2.13. The van der Waals surface area contributed by atoms with E-state index in [9.17, 15) is 0 Å². The third-order valence-corrected chi connectivity index (χ3v) is 4.50. The average Bonchev–Trinajstić information content (AvgIpc) is 2.58. The molecule has 0 aliphatic carbocycles. The first-order valence-corrected chi connectivity index (χ1v) is 6.95. The van der Waals surface area contributed by atoms with Gasteiger partial charge in [0.25, 0.3) is 0 Å². The minimum absolute atomic E-state index is 0.333. The molecule has 0 unspecified atom stereocenters. The summed E-state index contributed by atoms with van der Waals surface area (Å²) in [6, 6.07) is 12.0. The third-order valence-electron chi connectivity index (χ3n) is 4.50. The Labute approximate surface area is 120 Å². The number of rotatable bonds is 1. The first-order chi connectivity index (χ1) is 9.32. The van der Waals surface area contributed by atoms with E-state index in [1.807, 2.05) is 30.3 Å². The van der Waals surface area contributed by atoms with Crippen LogP contribution in [0.2, 0.25) is 0 Å². The predicted octanol–water partition coefficient (Wildman–Crippen LogP) is 2.72. The van der Waals surface area contributed by atoms with Crippen molar-refractivity contribution in [2.45, 2.75) is 38.9 Å². The van der Waals surface area contributed by atoms with Gasteiger partial charge in [0.05, 0.1) is 11.2 Å². The molecule has 0 amide bonds. The zero-order valence-electron chi connectivity index (χ0n) is 12.4. The molecule has 1 aliphatic rings. The van der Waals surface area contributed by atoms with Gasteiger partial charge < -0.3 is 15.0 Å². The largest absolute Gasteiger partial charge is 0.495 e. The van der Waals surface area contributed by atoms with Crippen LogP contribution in [0.15, 0.2) is 36.4 Å². The van der Waals surface area contributed by atoms with Crippen LogP contribution < -0.4 is 11.2 Å². The number of hydrogen-bond acceptors (Lipinski definition) is 3. The highest BCUT2D eigenvalue weighted by Crippen LogP contribution is 2.37. The van der Waals surface area contributed by atoms with Crippen LogP contribution >= 0.6 is 0 Å². The second-order valence-corrected chi connectivity index (χ2v) is 6.38. The molecule has 0 spiro atoms. The maximum Gasteiger partial charge on any atom is 0.495 e. The minimum atomic E-state index is -0.356. The van der Waals surface area contributed by atoms with E-state index in [0.29, 0.717) is 0 Å². The molecule has 20 heavy (non-hydrogen) atoms. The number of hydrogen-bond donors (Lipinski definition) is 1. The van der Waals surface area contributed by atoms with E-state index in [0.717, 1.165) is 21.9 Å². The van der Waals surface area contributed by atoms with Crippen LogP contribution in [0.5, 0.6) is 0 Å². The lowest BCUT2D eigenvalue weighted by atomic mass is 9.76. The molecule has 0 radical (unpaired) electrons. The van der Waals surface area contributed by atoms with E-state index in [4.69, 9.17) is 15.0 Å². The summed E-state index contributed by atoms with van der Waals surface area (Å²) in [6.45, 7) is 8.25. The van der Waals surface area contributed by atoms with Crippen molar-refractivity contribution in [3.05, 3.63) is 36.4 Å². The van der Waals surface area contributed by atoms with Gasteiger partial charge in [-0.3, -0.25) is 0 Å². The Bertz CT molecular complexity index is 651. The van der Waals surface area contributed by atoms with Gasteiger partial charge in [0.15, 0.2) is 0 Å². The van der Waals surface area contributed by atoms with Crippen molar-refractivity contribution in [3.8, 4) is 0 Å². The van der Waals surface area contributed by atoms with E-state index in [-0.39, 0.29) is 18.3 Å². The highest BCUT2D eigenvalue weighted by atomic mass is 16.7. The topological polar surface area (TPSA) is 44.5 Å². The summed E-state index contributed by atoms with van der Waals surface area (Å²) in [5.41, 5.74) is 7.20. The molecule has 3 rings (SSSR count). The van der Waals surface area contributed by atoms with Gasteiger partial charge >= 0.3 is 7.12 Å². The van der Waals surface area contributed by atoms with Crippen LogP contribution in [0.3, 0.4) is 0 Å². The van der Waals surface area contributed by atoms with Crippen LogP contribution in [0.25, 0.3) is 10.8 Å². The molecule has 0 bridgehead atoms. The fourth-order valence-electron chi connectivity index (χ4n) is 2.53. The second-order valence-electron chi connectivity index (χ2n) is 6.38. The summed E-state index contributed by atoms with van der Waals surface area (Å²) in [5.74, 6) is 0. The quantitative estimate of drug-likeness (QED) is 0.639. The van der Waals surface area contributed by atoms with E-state index in [1.54, 1.807) is 0 Å². The van der Waals surface area contributed by atoms with Crippen LogP contribution in [0, 0.1) is 0 Å². The predicted molar refractivity (Wildman–Crippen MR) is 84.1 cm³/mol. The van der Waals surface area contributed by atoms with Crippen molar-refractivity contribution in [2.24, 2.45) is 0 Å². The first kappa shape index (κ1) is 13.5. The van der Waals surface area contributed by atoms with Gasteiger partial charge in [-0.2, -0.15) is 0 Å². The summed E-state index contributed by atoms with van der Waals surface area (Å²) in [6.07, 6.45) is 0. The fraction of sp³-hybridized carbons (Fsp3) is 0.375. The van der Waals surface area contributed by atoms with Gasteiger partial charge in [-0.05, 0) is 44.6 Å². The molecule has 104 valence electrons. The van der Waals surface area contributed by atoms with Crippen molar-refractivity contribution < 1.29 is 9.31 Å². The first-order valence-electron chi connectivity index (χ1n) is 6.95. The zero-order valence-corrected chi connectivity index (χ0v) is 12.4. The van der Waals surface area contributed by atoms with Gasteiger partial charge in [-0.15, -0.1) is 0 Å². The van der Waals surface area contributed by atoms with Gasteiger partial charge in [0.2, 0.25) is 0 Å². The Morgan fingerprint density at radius 1 is 0.850 bits per heavy atom.